The van der Waals surface area contributed by atoms with Crippen LogP contribution < -0.4 is 0 Å². The van der Waals surface area contributed by atoms with Crippen LogP contribution in [-0.4, -0.2) is 31.6 Å². The van der Waals surface area contributed by atoms with Crippen LogP contribution in [0, 0.1) is 0 Å². The Balaban J connectivity index is 0.00000208. The van der Waals surface area contributed by atoms with E-state index in [-0.39, 0.29) is 13.2 Å². The van der Waals surface area contributed by atoms with Gasteiger partial charge in [-0.2, -0.15) is 0 Å². The highest BCUT2D eigenvalue weighted by Crippen LogP contribution is 2.29. The Morgan fingerprint density at radius 2 is 1.83 bits per heavy atom. The number of rotatable bonds is 5. The first-order valence-corrected chi connectivity index (χ1v) is 9.23. The van der Waals surface area contributed by atoms with Crippen molar-refractivity contribution >= 4 is 60.4 Å². The maximum absolute atomic E-state index is 10.8. The molecule has 0 aliphatic heterocycles. The maximum Gasteiger partial charge on any atom is 0.313 e. The van der Waals surface area contributed by atoms with E-state index in [4.69, 9.17) is 5.11 Å². The SMILES string of the molecule is C.O=C(O)CSc1nnc(Br)n1Cc1ccc(Br)c2ccccc12. The van der Waals surface area contributed by atoms with Gasteiger partial charge >= 0.3 is 5.97 Å². The van der Waals surface area contributed by atoms with Crippen LogP contribution in [-0.2, 0) is 11.3 Å². The Bertz CT molecular complexity index is 883. The highest BCUT2D eigenvalue weighted by atomic mass is 79.9. The zero-order chi connectivity index (χ0) is 16.4. The number of aromatic nitrogens is 3. The second kappa shape index (κ2) is 8.13. The Hall–Kier alpha value is -1.38. The molecule has 1 heterocycles. The van der Waals surface area contributed by atoms with Gasteiger partial charge in [-0.1, -0.05) is 65.5 Å². The molecule has 3 rings (SSSR count). The molecule has 0 aliphatic rings. The molecule has 126 valence electrons. The van der Waals surface area contributed by atoms with E-state index in [0.29, 0.717) is 16.4 Å². The normalized spacial score (nSPS) is 10.6. The second-order valence-electron chi connectivity index (χ2n) is 4.77. The number of carbonyl (C=O) groups is 1. The van der Waals surface area contributed by atoms with Crippen LogP contribution in [0.25, 0.3) is 10.8 Å². The second-order valence-corrected chi connectivity index (χ2v) is 7.28. The molecule has 24 heavy (non-hydrogen) atoms. The summed E-state index contributed by atoms with van der Waals surface area (Å²) in [5.41, 5.74) is 1.11. The van der Waals surface area contributed by atoms with Crippen molar-refractivity contribution < 1.29 is 9.90 Å². The predicted octanol–water partition coefficient (Wildman–Crippen LogP) is 4.82. The van der Waals surface area contributed by atoms with E-state index in [9.17, 15) is 4.79 Å². The predicted molar refractivity (Wildman–Crippen MR) is 104 cm³/mol. The number of hydrogen-bond donors (Lipinski definition) is 1. The molecule has 0 unspecified atom stereocenters. The molecule has 0 amide bonds. The largest absolute Gasteiger partial charge is 0.481 e. The minimum absolute atomic E-state index is 0. The van der Waals surface area contributed by atoms with E-state index in [1.807, 2.05) is 28.8 Å². The van der Waals surface area contributed by atoms with Gasteiger partial charge in [0.2, 0.25) is 4.73 Å². The van der Waals surface area contributed by atoms with E-state index in [1.165, 1.54) is 0 Å². The fourth-order valence-corrected chi connectivity index (χ4v) is 3.90. The number of carboxylic acids is 1. The molecule has 0 saturated heterocycles. The topological polar surface area (TPSA) is 68.0 Å². The van der Waals surface area contributed by atoms with Gasteiger partial charge in [0.15, 0.2) is 5.16 Å². The molecule has 8 heteroatoms. The summed E-state index contributed by atoms with van der Waals surface area (Å²) in [6, 6.07) is 12.2. The van der Waals surface area contributed by atoms with Crippen molar-refractivity contribution in [1.82, 2.24) is 14.8 Å². The summed E-state index contributed by atoms with van der Waals surface area (Å²) in [5, 5.41) is 19.7. The Labute approximate surface area is 160 Å². The zero-order valence-electron chi connectivity index (χ0n) is 11.7. The number of fused-ring (bicyclic) bond motifs is 1. The van der Waals surface area contributed by atoms with Crippen LogP contribution in [0.2, 0.25) is 0 Å². The van der Waals surface area contributed by atoms with Crippen LogP contribution >= 0.6 is 43.6 Å². The highest BCUT2D eigenvalue weighted by Gasteiger charge is 2.14. The zero-order valence-corrected chi connectivity index (χ0v) is 15.7. The van der Waals surface area contributed by atoms with Gasteiger partial charge in [0.1, 0.15) is 0 Å². The molecule has 1 N–H and O–H groups in total. The van der Waals surface area contributed by atoms with Gasteiger partial charge in [-0.05, 0) is 38.3 Å². The molecule has 0 bridgehead atoms. The lowest BCUT2D eigenvalue weighted by Gasteiger charge is -2.11. The summed E-state index contributed by atoms with van der Waals surface area (Å²) in [6.45, 7) is 0.559. The summed E-state index contributed by atoms with van der Waals surface area (Å²) in [6.07, 6.45) is 0. The van der Waals surface area contributed by atoms with Crippen LogP contribution in [0.1, 0.15) is 13.0 Å². The standard InChI is InChI=1S/C15H11Br2N3O2S.CH4/c16-12-6-5-9(10-3-1-2-4-11(10)12)7-20-14(17)18-19-15(20)23-8-13(21)22;/h1-6H,7-8H2,(H,21,22);1H4. The third-order valence-corrected chi connectivity index (χ3v) is 5.52. The van der Waals surface area contributed by atoms with Crippen LogP contribution in [0.15, 0.2) is 50.8 Å². The lowest BCUT2D eigenvalue weighted by Crippen LogP contribution is -2.05. The van der Waals surface area contributed by atoms with Crippen molar-refractivity contribution in [3.05, 3.63) is 51.2 Å². The number of benzene rings is 2. The first kappa shape index (κ1) is 19.0. The Morgan fingerprint density at radius 1 is 1.12 bits per heavy atom. The third kappa shape index (κ3) is 3.99. The van der Waals surface area contributed by atoms with E-state index in [2.05, 4.69) is 54.2 Å². The fourth-order valence-electron chi connectivity index (χ4n) is 2.27. The van der Waals surface area contributed by atoms with Crippen molar-refractivity contribution in [2.75, 3.05) is 5.75 Å². The third-order valence-electron chi connectivity index (χ3n) is 3.29. The van der Waals surface area contributed by atoms with Crippen molar-refractivity contribution in [2.45, 2.75) is 19.1 Å². The molecule has 0 radical (unpaired) electrons. The number of carboxylic acid groups (broad SMARTS) is 1. The van der Waals surface area contributed by atoms with E-state index in [1.54, 1.807) is 0 Å². The fraction of sp³-hybridized carbons (Fsp3) is 0.188. The molecule has 0 atom stereocenters. The molecule has 0 fully saturated rings. The average Bonchev–Trinajstić information content (AvgIpc) is 2.89. The molecule has 0 saturated carbocycles. The van der Waals surface area contributed by atoms with Crippen molar-refractivity contribution in [3.8, 4) is 0 Å². The van der Waals surface area contributed by atoms with Gasteiger partial charge in [0.25, 0.3) is 0 Å². The summed E-state index contributed by atoms with van der Waals surface area (Å²) in [4.78, 5) is 10.8. The summed E-state index contributed by atoms with van der Waals surface area (Å²) >= 11 is 8.10. The van der Waals surface area contributed by atoms with Gasteiger partial charge in [0, 0.05) is 4.47 Å². The molecule has 2 aromatic carbocycles. The van der Waals surface area contributed by atoms with Crippen LogP contribution in [0.4, 0.5) is 0 Å². The molecule has 3 aromatic rings. The van der Waals surface area contributed by atoms with Gasteiger partial charge in [-0.25, -0.2) is 0 Å². The summed E-state index contributed by atoms with van der Waals surface area (Å²) < 4.78 is 3.49. The van der Waals surface area contributed by atoms with E-state index in [0.717, 1.165) is 32.6 Å². The molecule has 0 spiro atoms. The van der Waals surface area contributed by atoms with E-state index < -0.39 is 5.97 Å². The van der Waals surface area contributed by atoms with Crippen LogP contribution in [0.5, 0.6) is 0 Å². The quantitative estimate of drug-likeness (QED) is 0.539. The van der Waals surface area contributed by atoms with Crippen molar-refractivity contribution in [2.24, 2.45) is 0 Å². The lowest BCUT2D eigenvalue weighted by atomic mass is 10.0. The maximum atomic E-state index is 10.8. The smallest absolute Gasteiger partial charge is 0.313 e. The van der Waals surface area contributed by atoms with Crippen LogP contribution in [0.3, 0.4) is 0 Å². The van der Waals surface area contributed by atoms with Crippen molar-refractivity contribution in [1.29, 1.82) is 0 Å². The molecule has 0 aliphatic carbocycles. The highest BCUT2D eigenvalue weighted by molar-refractivity contribution is 9.10. The van der Waals surface area contributed by atoms with Crippen molar-refractivity contribution in [3.63, 3.8) is 0 Å². The Morgan fingerprint density at radius 3 is 2.54 bits per heavy atom. The first-order chi connectivity index (χ1) is 11.1. The number of aliphatic carboxylic acids is 1. The average molecular weight is 473 g/mol. The molecular weight excluding hydrogens is 458 g/mol. The number of halogens is 2. The first-order valence-electron chi connectivity index (χ1n) is 6.65. The minimum atomic E-state index is -0.880. The lowest BCUT2D eigenvalue weighted by molar-refractivity contribution is -0.133. The van der Waals surface area contributed by atoms with Gasteiger partial charge in [-0.3, -0.25) is 9.36 Å². The van der Waals surface area contributed by atoms with E-state index >= 15 is 0 Å². The number of hydrogen-bond acceptors (Lipinski definition) is 4. The summed E-state index contributed by atoms with van der Waals surface area (Å²) in [5.74, 6) is -0.929. The molecular formula is C16H15Br2N3O2S. The minimum Gasteiger partial charge on any atom is -0.481 e. The number of thioether (sulfide) groups is 1. The Kier molecular flexibility index (Phi) is 6.42. The molecule has 5 nitrogen and oxygen atoms in total. The number of nitrogens with zero attached hydrogens (tertiary/aromatic N) is 3. The molecule has 1 aromatic heterocycles. The monoisotopic (exact) mass is 471 g/mol. The summed E-state index contributed by atoms with van der Waals surface area (Å²) in [7, 11) is 0. The van der Waals surface area contributed by atoms with Gasteiger partial charge < -0.3 is 5.11 Å². The van der Waals surface area contributed by atoms with Gasteiger partial charge in [0.05, 0.1) is 12.3 Å². The van der Waals surface area contributed by atoms with Gasteiger partial charge in [-0.15, -0.1) is 10.2 Å².